The van der Waals surface area contributed by atoms with Crippen LogP contribution < -0.4 is 0 Å². The standard InChI is InChI=1S/C9H13BrFNO2/c1-2-14-9(13)12-5-3-7(4-6-12)8(10)11/h2-6H2,1H3. The minimum atomic E-state index is -0.304. The van der Waals surface area contributed by atoms with Gasteiger partial charge in [0.05, 0.1) is 6.61 Å². The molecule has 0 aromatic rings. The van der Waals surface area contributed by atoms with Gasteiger partial charge in [0.15, 0.2) is 4.74 Å². The SMILES string of the molecule is CCOC(=O)N1CCC(=C(F)Br)CC1. The van der Waals surface area contributed by atoms with Crippen LogP contribution in [0.4, 0.5) is 9.18 Å². The molecule has 80 valence electrons. The quantitative estimate of drug-likeness (QED) is 0.730. The molecule has 5 heteroatoms. The second-order valence-electron chi connectivity index (χ2n) is 3.05. The summed E-state index contributed by atoms with van der Waals surface area (Å²) in [7, 11) is 0. The third kappa shape index (κ3) is 2.97. The zero-order valence-electron chi connectivity index (χ0n) is 8.06. The lowest BCUT2D eigenvalue weighted by molar-refractivity contribution is 0.104. The first-order valence-corrected chi connectivity index (χ1v) is 5.39. The van der Waals surface area contributed by atoms with Gasteiger partial charge in [0.25, 0.3) is 0 Å². The van der Waals surface area contributed by atoms with Gasteiger partial charge in [-0.05, 0) is 41.3 Å². The van der Waals surface area contributed by atoms with E-state index in [0.29, 0.717) is 32.5 Å². The molecular formula is C9H13BrFNO2. The van der Waals surface area contributed by atoms with E-state index in [9.17, 15) is 9.18 Å². The summed E-state index contributed by atoms with van der Waals surface area (Å²) in [6.07, 6.45) is 0.854. The molecule has 1 saturated heterocycles. The van der Waals surface area contributed by atoms with Crippen molar-refractivity contribution >= 4 is 22.0 Å². The molecule has 14 heavy (non-hydrogen) atoms. The van der Waals surface area contributed by atoms with Crippen LogP contribution in [0.2, 0.25) is 0 Å². The molecule has 0 spiro atoms. The predicted molar refractivity (Wildman–Crippen MR) is 54.9 cm³/mol. The van der Waals surface area contributed by atoms with E-state index >= 15 is 0 Å². The Bertz CT molecular complexity index is 241. The number of piperidine rings is 1. The molecule has 0 atom stereocenters. The number of hydrogen-bond donors (Lipinski definition) is 0. The Balaban J connectivity index is 2.43. The van der Waals surface area contributed by atoms with Gasteiger partial charge < -0.3 is 9.64 Å². The number of carbonyl (C=O) groups excluding carboxylic acids is 1. The summed E-state index contributed by atoms with van der Waals surface area (Å²) >= 11 is 2.80. The second-order valence-corrected chi connectivity index (χ2v) is 3.75. The van der Waals surface area contributed by atoms with Crippen molar-refractivity contribution in [3.8, 4) is 0 Å². The third-order valence-electron chi connectivity index (χ3n) is 2.16. The highest BCUT2D eigenvalue weighted by molar-refractivity contribution is 9.11. The second kappa shape index (κ2) is 5.34. The van der Waals surface area contributed by atoms with Gasteiger partial charge in [-0.15, -0.1) is 0 Å². The molecule has 1 aliphatic rings. The van der Waals surface area contributed by atoms with Crippen LogP contribution >= 0.6 is 15.9 Å². The highest BCUT2D eigenvalue weighted by atomic mass is 79.9. The minimum absolute atomic E-state index is 0.291. The molecule has 3 nitrogen and oxygen atoms in total. The number of hydrogen-bond acceptors (Lipinski definition) is 2. The Morgan fingerprint density at radius 2 is 2.14 bits per heavy atom. The molecular weight excluding hydrogens is 253 g/mol. The van der Waals surface area contributed by atoms with Crippen molar-refractivity contribution in [1.29, 1.82) is 0 Å². The number of ether oxygens (including phenoxy) is 1. The van der Waals surface area contributed by atoms with Gasteiger partial charge in [0.2, 0.25) is 0 Å². The fourth-order valence-corrected chi connectivity index (χ4v) is 1.76. The van der Waals surface area contributed by atoms with Crippen LogP contribution in [0.15, 0.2) is 10.3 Å². The predicted octanol–water partition coefficient (Wildman–Crippen LogP) is 2.81. The van der Waals surface area contributed by atoms with Crippen molar-refractivity contribution < 1.29 is 13.9 Å². The van der Waals surface area contributed by atoms with E-state index in [1.807, 2.05) is 0 Å². The molecule has 1 aliphatic heterocycles. The molecule has 0 unspecified atom stereocenters. The van der Waals surface area contributed by atoms with E-state index in [2.05, 4.69) is 15.9 Å². The lowest BCUT2D eigenvalue weighted by atomic mass is 10.1. The Labute approximate surface area is 91.0 Å². The topological polar surface area (TPSA) is 29.5 Å². The highest BCUT2D eigenvalue weighted by Gasteiger charge is 2.21. The maximum absolute atomic E-state index is 12.7. The molecule has 0 aliphatic carbocycles. The fourth-order valence-electron chi connectivity index (χ4n) is 1.36. The molecule has 0 aromatic heterocycles. The number of halogens is 2. The third-order valence-corrected chi connectivity index (χ3v) is 2.72. The van der Waals surface area contributed by atoms with Gasteiger partial charge >= 0.3 is 6.09 Å². The summed E-state index contributed by atoms with van der Waals surface area (Å²) in [6.45, 7) is 3.22. The summed E-state index contributed by atoms with van der Waals surface area (Å²) in [6, 6.07) is 0. The lowest BCUT2D eigenvalue weighted by Crippen LogP contribution is -2.36. The van der Waals surface area contributed by atoms with Gasteiger partial charge in [-0.3, -0.25) is 0 Å². The summed E-state index contributed by atoms with van der Waals surface area (Å²) in [5.41, 5.74) is 0.741. The van der Waals surface area contributed by atoms with Crippen molar-refractivity contribution in [1.82, 2.24) is 4.90 Å². The average Bonchev–Trinajstić information content (AvgIpc) is 2.18. The molecule has 0 bridgehead atoms. The summed E-state index contributed by atoms with van der Waals surface area (Å²) in [5.74, 6) is 0. The fraction of sp³-hybridized carbons (Fsp3) is 0.667. The van der Waals surface area contributed by atoms with Gasteiger partial charge in [-0.25, -0.2) is 4.79 Å². The van der Waals surface area contributed by atoms with Gasteiger partial charge in [-0.1, -0.05) is 0 Å². The number of nitrogens with zero attached hydrogens (tertiary/aromatic N) is 1. The van der Waals surface area contributed by atoms with Crippen LogP contribution in [0.25, 0.3) is 0 Å². The highest BCUT2D eigenvalue weighted by Crippen LogP contribution is 2.24. The normalized spacial score (nSPS) is 16.8. The van der Waals surface area contributed by atoms with Crippen LogP contribution in [0.3, 0.4) is 0 Å². The molecule has 0 radical (unpaired) electrons. The van der Waals surface area contributed by atoms with Gasteiger partial charge in [0, 0.05) is 13.1 Å². The molecule has 1 amide bonds. The van der Waals surface area contributed by atoms with Crippen molar-refractivity contribution in [2.45, 2.75) is 19.8 Å². The molecule has 1 fully saturated rings. The number of carbonyl (C=O) groups is 1. The van der Waals surface area contributed by atoms with Crippen LogP contribution in [0.1, 0.15) is 19.8 Å². The van der Waals surface area contributed by atoms with Crippen LogP contribution in [-0.4, -0.2) is 30.7 Å². The number of likely N-dealkylation sites (tertiary alicyclic amines) is 1. The summed E-state index contributed by atoms with van der Waals surface area (Å²) in [5, 5.41) is 0. The van der Waals surface area contributed by atoms with E-state index in [-0.39, 0.29) is 10.8 Å². The summed E-state index contributed by atoms with van der Waals surface area (Å²) < 4.78 is 17.3. The van der Waals surface area contributed by atoms with Gasteiger partial charge in [-0.2, -0.15) is 4.39 Å². The maximum atomic E-state index is 12.7. The molecule has 1 rings (SSSR count). The van der Waals surface area contributed by atoms with Crippen molar-refractivity contribution in [2.75, 3.05) is 19.7 Å². The van der Waals surface area contributed by atoms with Crippen molar-refractivity contribution in [2.24, 2.45) is 0 Å². The maximum Gasteiger partial charge on any atom is 0.409 e. The lowest BCUT2D eigenvalue weighted by Gasteiger charge is -2.27. The molecule has 1 heterocycles. The smallest absolute Gasteiger partial charge is 0.409 e. The largest absolute Gasteiger partial charge is 0.450 e. The first-order chi connectivity index (χ1) is 6.65. The first kappa shape index (κ1) is 11.5. The van der Waals surface area contributed by atoms with Crippen LogP contribution in [-0.2, 0) is 4.74 Å². The van der Waals surface area contributed by atoms with Crippen LogP contribution in [0.5, 0.6) is 0 Å². The molecule has 0 aromatic carbocycles. The number of rotatable bonds is 1. The Kier molecular flexibility index (Phi) is 4.38. The van der Waals surface area contributed by atoms with E-state index < -0.39 is 0 Å². The van der Waals surface area contributed by atoms with E-state index in [1.54, 1.807) is 11.8 Å². The zero-order valence-corrected chi connectivity index (χ0v) is 9.64. The molecule has 0 saturated carbocycles. The van der Waals surface area contributed by atoms with Crippen molar-refractivity contribution in [3.05, 3.63) is 10.3 Å². The Hall–Kier alpha value is -0.580. The first-order valence-electron chi connectivity index (χ1n) is 4.60. The van der Waals surface area contributed by atoms with Crippen LogP contribution in [0, 0.1) is 0 Å². The zero-order chi connectivity index (χ0) is 10.6. The van der Waals surface area contributed by atoms with Crippen molar-refractivity contribution in [3.63, 3.8) is 0 Å². The van der Waals surface area contributed by atoms with Gasteiger partial charge in [0.1, 0.15) is 0 Å². The number of amides is 1. The van der Waals surface area contributed by atoms with E-state index in [4.69, 9.17) is 4.74 Å². The Morgan fingerprint density at radius 1 is 1.57 bits per heavy atom. The monoisotopic (exact) mass is 265 g/mol. The minimum Gasteiger partial charge on any atom is -0.450 e. The Morgan fingerprint density at radius 3 is 2.57 bits per heavy atom. The van der Waals surface area contributed by atoms with E-state index in [0.717, 1.165) is 5.57 Å². The molecule has 0 N–H and O–H groups in total. The summed E-state index contributed by atoms with van der Waals surface area (Å²) in [4.78, 5) is 12.9. The van der Waals surface area contributed by atoms with E-state index in [1.165, 1.54) is 0 Å². The average molecular weight is 266 g/mol.